The molecule has 0 N–H and O–H groups in total. The standard InChI is InChI=1S/C22H33NO2SSi/c1-17-13-20(26-16-19-11-9-8-10-12-19)21(23-14-17)24-15-18(2)25-27(6,7)22(3,4)5/h8-14,18H,15-16H2,1-7H3/t18-/m1/s1. The van der Waals surface area contributed by atoms with Crippen LogP contribution >= 0.6 is 11.8 Å². The van der Waals surface area contributed by atoms with E-state index < -0.39 is 8.32 Å². The van der Waals surface area contributed by atoms with Crippen molar-refractivity contribution in [2.24, 2.45) is 0 Å². The molecule has 0 aliphatic heterocycles. The molecule has 0 unspecified atom stereocenters. The highest BCUT2D eigenvalue weighted by Gasteiger charge is 2.38. The Kier molecular flexibility index (Phi) is 7.54. The second-order valence-electron chi connectivity index (χ2n) is 8.59. The van der Waals surface area contributed by atoms with Gasteiger partial charge < -0.3 is 9.16 Å². The lowest BCUT2D eigenvalue weighted by atomic mass is 10.2. The number of pyridine rings is 1. The van der Waals surface area contributed by atoms with Gasteiger partial charge in [-0.05, 0) is 49.2 Å². The first-order valence-electron chi connectivity index (χ1n) is 9.52. The molecule has 148 valence electrons. The van der Waals surface area contributed by atoms with Crippen LogP contribution in [-0.2, 0) is 10.2 Å². The van der Waals surface area contributed by atoms with Crippen LogP contribution in [0.3, 0.4) is 0 Å². The summed E-state index contributed by atoms with van der Waals surface area (Å²) >= 11 is 1.76. The zero-order valence-corrected chi connectivity index (χ0v) is 19.5. The molecule has 1 aromatic carbocycles. The van der Waals surface area contributed by atoms with Crippen molar-refractivity contribution in [3.63, 3.8) is 0 Å². The van der Waals surface area contributed by atoms with Crippen molar-refractivity contribution in [1.29, 1.82) is 0 Å². The van der Waals surface area contributed by atoms with E-state index in [9.17, 15) is 0 Å². The van der Waals surface area contributed by atoms with Crippen LogP contribution in [-0.4, -0.2) is 26.0 Å². The van der Waals surface area contributed by atoms with Crippen molar-refractivity contribution in [3.05, 3.63) is 53.7 Å². The Bertz CT molecular complexity index is 729. The van der Waals surface area contributed by atoms with Gasteiger partial charge in [0, 0.05) is 11.9 Å². The summed E-state index contributed by atoms with van der Waals surface area (Å²) in [5.74, 6) is 1.60. The molecule has 5 heteroatoms. The molecule has 0 aliphatic rings. The Hall–Kier alpha value is -1.30. The second-order valence-corrected chi connectivity index (χ2v) is 14.4. The molecule has 3 nitrogen and oxygen atoms in total. The van der Waals surface area contributed by atoms with Crippen molar-refractivity contribution < 1.29 is 9.16 Å². The first-order chi connectivity index (χ1) is 12.6. The largest absolute Gasteiger partial charge is 0.474 e. The maximum Gasteiger partial charge on any atom is 0.227 e. The highest BCUT2D eigenvalue weighted by atomic mass is 32.2. The highest BCUT2D eigenvalue weighted by molar-refractivity contribution is 7.98. The van der Waals surface area contributed by atoms with Crippen molar-refractivity contribution in [3.8, 4) is 5.88 Å². The van der Waals surface area contributed by atoms with E-state index in [4.69, 9.17) is 9.16 Å². The summed E-state index contributed by atoms with van der Waals surface area (Å²) in [5.41, 5.74) is 2.44. The third kappa shape index (κ3) is 6.66. The van der Waals surface area contributed by atoms with Crippen LogP contribution in [0.1, 0.15) is 38.8 Å². The molecule has 0 amide bonds. The van der Waals surface area contributed by atoms with Gasteiger partial charge in [-0.25, -0.2) is 4.98 Å². The highest BCUT2D eigenvalue weighted by Crippen LogP contribution is 2.37. The van der Waals surface area contributed by atoms with E-state index in [1.807, 2.05) is 12.3 Å². The predicted octanol–water partition coefficient (Wildman–Crippen LogP) is 6.47. The third-order valence-electron chi connectivity index (χ3n) is 4.95. The van der Waals surface area contributed by atoms with E-state index in [1.165, 1.54) is 5.56 Å². The summed E-state index contributed by atoms with van der Waals surface area (Å²) in [4.78, 5) is 5.60. The van der Waals surface area contributed by atoms with E-state index in [0.29, 0.717) is 12.5 Å². The summed E-state index contributed by atoms with van der Waals surface area (Å²) in [6, 6.07) is 12.6. The van der Waals surface area contributed by atoms with Crippen molar-refractivity contribution in [2.75, 3.05) is 6.61 Å². The summed E-state index contributed by atoms with van der Waals surface area (Å²) in [6.45, 7) is 16.0. The Morgan fingerprint density at radius 3 is 2.44 bits per heavy atom. The summed E-state index contributed by atoms with van der Waals surface area (Å²) in [5, 5.41) is 0.195. The lowest BCUT2D eigenvalue weighted by Crippen LogP contribution is -2.44. The Labute approximate surface area is 170 Å². The molecule has 0 radical (unpaired) electrons. The van der Waals surface area contributed by atoms with Gasteiger partial charge in [-0.1, -0.05) is 51.1 Å². The van der Waals surface area contributed by atoms with Gasteiger partial charge in [-0.2, -0.15) is 0 Å². The maximum atomic E-state index is 6.40. The van der Waals surface area contributed by atoms with E-state index in [1.54, 1.807) is 11.8 Å². The molecular formula is C22H33NO2SSi. The summed E-state index contributed by atoms with van der Waals surface area (Å²) < 4.78 is 12.5. The molecule has 0 aliphatic carbocycles. The molecule has 0 saturated carbocycles. The van der Waals surface area contributed by atoms with Crippen LogP contribution in [0.2, 0.25) is 18.1 Å². The molecule has 2 rings (SSSR count). The minimum absolute atomic E-state index is 0.0426. The van der Waals surface area contributed by atoms with Crippen LogP contribution in [0.4, 0.5) is 0 Å². The number of hydrogen-bond acceptors (Lipinski definition) is 4. The number of nitrogens with zero attached hydrogens (tertiary/aromatic N) is 1. The minimum Gasteiger partial charge on any atom is -0.474 e. The molecule has 0 bridgehead atoms. The zero-order valence-electron chi connectivity index (χ0n) is 17.7. The number of hydrogen-bond donors (Lipinski definition) is 0. The number of aromatic nitrogens is 1. The minimum atomic E-state index is -1.79. The van der Waals surface area contributed by atoms with Gasteiger partial charge in [0.05, 0.1) is 11.0 Å². The molecule has 0 spiro atoms. The zero-order chi connectivity index (χ0) is 20.1. The quantitative estimate of drug-likeness (QED) is 0.373. The average molecular weight is 404 g/mol. The van der Waals surface area contributed by atoms with Crippen molar-refractivity contribution in [2.45, 2.75) is 69.5 Å². The molecule has 1 aromatic heterocycles. The Morgan fingerprint density at radius 1 is 1.15 bits per heavy atom. The van der Waals surface area contributed by atoms with Crippen LogP contribution in [0, 0.1) is 6.92 Å². The number of rotatable bonds is 8. The van der Waals surface area contributed by atoms with E-state index in [2.05, 4.69) is 83.0 Å². The number of thioether (sulfide) groups is 1. The Morgan fingerprint density at radius 2 is 1.81 bits per heavy atom. The predicted molar refractivity (Wildman–Crippen MR) is 118 cm³/mol. The van der Waals surface area contributed by atoms with Gasteiger partial charge in [0.2, 0.25) is 5.88 Å². The maximum absolute atomic E-state index is 6.40. The van der Waals surface area contributed by atoms with E-state index in [-0.39, 0.29) is 11.1 Å². The van der Waals surface area contributed by atoms with Gasteiger partial charge in [-0.3, -0.25) is 0 Å². The molecule has 0 saturated heterocycles. The fourth-order valence-corrected chi connectivity index (χ4v) is 4.83. The fourth-order valence-electron chi connectivity index (χ4n) is 2.39. The van der Waals surface area contributed by atoms with Crippen LogP contribution in [0.15, 0.2) is 47.5 Å². The summed E-state index contributed by atoms with van der Waals surface area (Å²) in [6.07, 6.45) is 1.90. The average Bonchev–Trinajstić information content (AvgIpc) is 2.58. The SMILES string of the molecule is Cc1cnc(OC[C@@H](C)O[Si](C)(C)C(C)(C)C)c(SCc2ccccc2)c1. The van der Waals surface area contributed by atoms with Gasteiger partial charge in [0.1, 0.15) is 6.61 Å². The van der Waals surface area contributed by atoms with E-state index >= 15 is 0 Å². The fraction of sp³-hybridized carbons (Fsp3) is 0.500. The van der Waals surface area contributed by atoms with Gasteiger partial charge >= 0.3 is 0 Å². The Balaban J connectivity index is 1.99. The summed E-state index contributed by atoms with van der Waals surface area (Å²) in [7, 11) is -1.79. The molecule has 1 heterocycles. The third-order valence-corrected chi connectivity index (χ3v) is 10.6. The normalized spacial score (nSPS) is 13.4. The van der Waals surface area contributed by atoms with Crippen LogP contribution in [0.5, 0.6) is 5.88 Å². The topological polar surface area (TPSA) is 31.4 Å². The first-order valence-corrected chi connectivity index (χ1v) is 13.4. The molecule has 2 aromatic rings. The first kappa shape index (κ1) is 22.0. The van der Waals surface area contributed by atoms with Crippen LogP contribution < -0.4 is 4.74 Å². The smallest absolute Gasteiger partial charge is 0.227 e. The van der Waals surface area contributed by atoms with E-state index in [0.717, 1.165) is 16.2 Å². The number of ether oxygens (including phenoxy) is 1. The lowest BCUT2D eigenvalue weighted by Gasteiger charge is -2.38. The van der Waals surface area contributed by atoms with Crippen molar-refractivity contribution >= 4 is 20.1 Å². The molecule has 27 heavy (non-hydrogen) atoms. The second kappa shape index (κ2) is 9.26. The number of benzene rings is 1. The monoisotopic (exact) mass is 403 g/mol. The van der Waals surface area contributed by atoms with Gasteiger partial charge in [0.25, 0.3) is 0 Å². The molecule has 0 fully saturated rings. The van der Waals surface area contributed by atoms with Gasteiger partial charge in [-0.15, -0.1) is 11.8 Å². The number of aryl methyl sites for hydroxylation is 1. The van der Waals surface area contributed by atoms with Crippen molar-refractivity contribution in [1.82, 2.24) is 4.98 Å². The molecular weight excluding hydrogens is 370 g/mol. The molecule has 1 atom stereocenters. The lowest BCUT2D eigenvalue weighted by molar-refractivity contribution is 0.124. The van der Waals surface area contributed by atoms with Gasteiger partial charge in [0.15, 0.2) is 8.32 Å². The van der Waals surface area contributed by atoms with Crippen LogP contribution in [0.25, 0.3) is 0 Å².